The molecular formula is C21H38ClNO3S. The monoisotopic (exact) mass is 419 g/mol. The summed E-state index contributed by atoms with van der Waals surface area (Å²) in [6.07, 6.45) is 11.3. The van der Waals surface area contributed by atoms with Gasteiger partial charge in [-0.15, -0.1) is 11.6 Å². The lowest BCUT2D eigenvalue weighted by molar-refractivity contribution is -0.888. The summed E-state index contributed by atoms with van der Waals surface area (Å²) in [5.74, 6) is 0.782. The van der Waals surface area contributed by atoms with Crippen molar-refractivity contribution >= 4 is 21.7 Å². The first-order valence-electron chi connectivity index (χ1n) is 10.0. The van der Waals surface area contributed by atoms with Gasteiger partial charge in [0.2, 0.25) is 0 Å². The Hall–Kier alpha value is -0.620. The number of nitrogens with zero attached hydrogens (tertiary/aromatic N) is 1. The topological polar surface area (TPSA) is 57.2 Å². The van der Waals surface area contributed by atoms with Gasteiger partial charge in [-0.25, -0.2) is 8.42 Å². The van der Waals surface area contributed by atoms with Gasteiger partial charge in [-0.2, -0.15) is 0 Å². The van der Waals surface area contributed by atoms with Crippen LogP contribution in [0.5, 0.6) is 0 Å². The zero-order valence-corrected chi connectivity index (χ0v) is 19.1. The first-order chi connectivity index (χ1) is 12.6. The van der Waals surface area contributed by atoms with Crippen LogP contribution in [0.2, 0.25) is 0 Å². The molecule has 6 heteroatoms. The number of alkyl halides is 1. The van der Waals surface area contributed by atoms with Crippen molar-refractivity contribution in [3.05, 3.63) is 29.8 Å². The van der Waals surface area contributed by atoms with Crippen LogP contribution in [0, 0.1) is 6.92 Å². The van der Waals surface area contributed by atoms with Crippen molar-refractivity contribution in [3.63, 3.8) is 0 Å². The van der Waals surface area contributed by atoms with Gasteiger partial charge in [0.1, 0.15) is 10.1 Å². The second-order valence-corrected chi connectivity index (χ2v) is 9.57. The van der Waals surface area contributed by atoms with Gasteiger partial charge in [0.15, 0.2) is 0 Å². The van der Waals surface area contributed by atoms with Crippen molar-refractivity contribution < 1.29 is 17.5 Å². The van der Waals surface area contributed by atoms with E-state index in [1.54, 1.807) is 12.1 Å². The summed E-state index contributed by atoms with van der Waals surface area (Å²) >= 11 is 5.78. The average molecular weight is 420 g/mol. The average Bonchev–Trinajstić information content (AvgIpc) is 2.57. The molecule has 0 bridgehead atoms. The summed E-state index contributed by atoms with van der Waals surface area (Å²) in [5, 5.41) is 0. The molecule has 0 radical (unpaired) electrons. The van der Waals surface area contributed by atoms with E-state index >= 15 is 0 Å². The molecule has 0 atom stereocenters. The zero-order chi connectivity index (χ0) is 20.8. The Balaban J connectivity index is 0.000000533. The minimum Gasteiger partial charge on any atom is -0.744 e. The SMILES string of the molecule is CCCCCCCCCC[N+](C)(C)CCCl.Cc1ccc(S(=O)(=O)[O-])cc1. The summed E-state index contributed by atoms with van der Waals surface area (Å²) in [6, 6.07) is 5.78. The van der Waals surface area contributed by atoms with E-state index in [4.69, 9.17) is 11.6 Å². The molecule has 0 amide bonds. The van der Waals surface area contributed by atoms with Crippen LogP contribution in [0.25, 0.3) is 0 Å². The predicted octanol–water partition coefficient (Wildman–Crippen LogP) is 5.34. The molecule has 0 saturated carbocycles. The molecule has 4 nitrogen and oxygen atoms in total. The van der Waals surface area contributed by atoms with Crippen molar-refractivity contribution in [2.75, 3.05) is 33.1 Å². The van der Waals surface area contributed by atoms with Gasteiger partial charge in [-0.05, 0) is 31.9 Å². The maximum atomic E-state index is 10.4. The molecule has 0 aromatic heterocycles. The summed E-state index contributed by atoms with van der Waals surface area (Å²) in [5.41, 5.74) is 0.928. The number of hydrogen-bond donors (Lipinski definition) is 0. The van der Waals surface area contributed by atoms with Crippen LogP contribution in [0.4, 0.5) is 0 Å². The molecule has 0 N–H and O–H groups in total. The van der Waals surface area contributed by atoms with Gasteiger partial charge in [0.25, 0.3) is 0 Å². The number of unbranched alkanes of at least 4 members (excludes halogenated alkanes) is 7. The molecule has 0 unspecified atom stereocenters. The zero-order valence-electron chi connectivity index (χ0n) is 17.5. The molecule has 0 aliphatic carbocycles. The van der Waals surface area contributed by atoms with Gasteiger partial charge in [-0.3, -0.25) is 0 Å². The Kier molecular flexibility index (Phi) is 14.1. The van der Waals surface area contributed by atoms with E-state index < -0.39 is 10.1 Å². The molecule has 158 valence electrons. The lowest BCUT2D eigenvalue weighted by atomic mass is 10.1. The quantitative estimate of drug-likeness (QED) is 0.199. The second kappa shape index (κ2) is 14.4. The number of halogens is 1. The number of hydrogen-bond acceptors (Lipinski definition) is 3. The molecule has 0 spiro atoms. The van der Waals surface area contributed by atoms with E-state index in [0.717, 1.165) is 22.5 Å². The smallest absolute Gasteiger partial charge is 0.124 e. The number of quaternary nitrogens is 1. The van der Waals surface area contributed by atoms with Gasteiger partial charge in [-0.1, -0.05) is 63.1 Å². The van der Waals surface area contributed by atoms with Gasteiger partial charge < -0.3 is 9.04 Å². The van der Waals surface area contributed by atoms with E-state index in [2.05, 4.69) is 21.0 Å². The van der Waals surface area contributed by atoms with Crippen LogP contribution in [-0.2, 0) is 10.1 Å². The summed E-state index contributed by atoms with van der Waals surface area (Å²) in [6.45, 7) is 6.47. The number of aryl methyl sites for hydroxylation is 1. The maximum absolute atomic E-state index is 10.4. The predicted molar refractivity (Wildman–Crippen MR) is 114 cm³/mol. The Labute approximate surface area is 172 Å². The Morgan fingerprint density at radius 2 is 1.37 bits per heavy atom. The first-order valence-corrected chi connectivity index (χ1v) is 12.0. The molecule has 0 aliphatic heterocycles. The van der Waals surface area contributed by atoms with Crippen molar-refractivity contribution in [2.24, 2.45) is 0 Å². The summed E-state index contributed by atoms with van der Waals surface area (Å²) in [7, 11) is 0.293. The van der Waals surface area contributed by atoms with Crippen LogP contribution < -0.4 is 0 Å². The lowest BCUT2D eigenvalue weighted by Gasteiger charge is -2.28. The van der Waals surface area contributed by atoms with Gasteiger partial charge >= 0.3 is 0 Å². The Morgan fingerprint density at radius 1 is 0.889 bits per heavy atom. The van der Waals surface area contributed by atoms with Crippen LogP contribution in [0.3, 0.4) is 0 Å². The van der Waals surface area contributed by atoms with Crippen LogP contribution in [0.15, 0.2) is 29.2 Å². The van der Waals surface area contributed by atoms with Gasteiger partial charge in [0.05, 0.1) is 38.0 Å². The fourth-order valence-electron chi connectivity index (χ4n) is 2.72. The van der Waals surface area contributed by atoms with Crippen molar-refractivity contribution in [1.82, 2.24) is 0 Å². The third-order valence-electron chi connectivity index (χ3n) is 4.62. The standard InChI is InChI=1S/C14H31ClN.C7H8O3S/c1-4-5-6-7-8-9-10-11-13-16(2,3)14-12-15;1-6-2-4-7(5-3-6)11(8,9)10/h4-14H2,1-3H3;2-5H,1H3,(H,8,9,10)/q+1;/p-1. The molecule has 0 heterocycles. The number of rotatable bonds is 12. The molecule has 1 aromatic rings. The highest BCUT2D eigenvalue weighted by Crippen LogP contribution is 2.10. The largest absolute Gasteiger partial charge is 0.744 e. The Morgan fingerprint density at radius 3 is 1.81 bits per heavy atom. The molecule has 0 fully saturated rings. The first kappa shape index (κ1) is 26.4. The third kappa shape index (κ3) is 15.0. The van der Waals surface area contributed by atoms with E-state index in [9.17, 15) is 13.0 Å². The fourth-order valence-corrected chi connectivity index (χ4v) is 3.65. The normalized spacial score (nSPS) is 11.8. The highest BCUT2D eigenvalue weighted by atomic mass is 35.5. The van der Waals surface area contributed by atoms with Crippen LogP contribution >= 0.6 is 11.6 Å². The van der Waals surface area contributed by atoms with E-state index in [0.29, 0.717) is 0 Å². The summed E-state index contributed by atoms with van der Waals surface area (Å²) in [4.78, 5) is -0.178. The molecule has 1 aromatic carbocycles. The summed E-state index contributed by atoms with van der Waals surface area (Å²) < 4.78 is 32.2. The second-order valence-electron chi connectivity index (χ2n) is 7.81. The van der Waals surface area contributed by atoms with Crippen LogP contribution in [-0.4, -0.2) is 50.5 Å². The fraction of sp³-hybridized carbons (Fsp3) is 0.714. The minimum atomic E-state index is -4.27. The molecule has 0 saturated heterocycles. The van der Waals surface area contributed by atoms with E-state index in [-0.39, 0.29) is 4.90 Å². The lowest BCUT2D eigenvalue weighted by Crippen LogP contribution is -2.41. The minimum absolute atomic E-state index is 0.178. The molecule has 0 aliphatic rings. The van der Waals surface area contributed by atoms with Crippen molar-refractivity contribution in [1.29, 1.82) is 0 Å². The molecule has 1 rings (SSSR count). The highest BCUT2D eigenvalue weighted by molar-refractivity contribution is 7.85. The molecular weight excluding hydrogens is 382 g/mol. The molecule has 27 heavy (non-hydrogen) atoms. The highest BCUT2D eigenvalue weighted by Gasteiger charge is 2.12. The number of benzene rings is 1. The van der Waals surface area contributed by atoms with Gasteiger partial charge in [0, 0.05) is 0 Å². The van der Waals surface area contributed by atoms with Crippen LogP contribution in [0.1, 0.15) is 63.9 Å². The van der Waals surface area contributed by atoms with Crippen molar-refractivity contribution in [3.8, 4) is 0 Å². The maximum Gasteiger partial charge on any atom is 0.124 e. The van der Waals surface area contributed by atoms with Crippen molar-refractivity contribution in [2.45, 2.75) is 70.1 Å². The third-order valence-corrected chi connectivity index (χ3v) is 5.64. The van der Waals surface area contributed by atoms with E-state index in [1.165, 1.54) is 70.0 Å². The Bertz CT molecular complexity index is 586. The van der Waals surface area contributed by atoms with E-state index in [1.807, 2.05) is 6.92 Å².